The average Bonchev–Trinajstić information content (AvgIpc) is 3.09. The van der Waals surface area contributed by atoms with Gasteiger partial charge in [0.25, 0.3) is 0 Å². The summed E-state index contributed by atoms with van der Waals surface area (Å²) in [5, 5.41) is 8.02. The Labute approximate surface area is 211 Å². The number of aryl methyl sites for hydroxylation is 1. The fourth-order valence-electron chi connectivity index (χ4n) is 3.39. The van der Waals surface area contributed by atoms with Crippen LogP contribution in [0.2, 0.25) is 0 Å². The van der Waals surface area contributed by atoms with Gasteiger partial charge in [0.1, 0.15) is 5.75 Å². The van der Waals surface area contributed by atoms with E-state index < -0.39 is 0 Å². The molecule has 1 aromatic heterocycles. The summed E-state index contributed by atoms with van der Waals surface area (Å²) < 4.78 is 7.72. The predicted molar refractivity (Wildman–Crippen MR) is 144 cm³/mol. The van der Waals surface area contributed by atoms with Gasteiger partial charge in [-0.25, -0.2) is 4.99 Å². The van der Waals surface area contributed by atoms with Gasteiger partial charge in [-0.2, -0.15) is 5.10 Å². The van der Waals surface area contributed by atoms with Gasteiger partial charge in [-0.1, -0.05) is 26.0 Å². The Kier molecular flexibility index (Phi) is 12.7. The number of hydrogen-bond donors (Lipinski definition) is 1. The van der Waals surface area contributed by atoms with Crippen LogP contribution >= 0.6 is 24.0 Å². The highest BCUT2D eigenvalue weighted by Gasteiger charge is 2.15. The molecule has 1 heterocycles. The lowest BCUT2D eigenvalue weighted by Gasteiger charge is -2.22. The van der Waals surface area contributed by atoms with Crippen LogP contribution < -0.4 is 10.1 Å². The molecule has 180 valence electrons. The molecule has 0 bridgehead atoms. The van der Waals surface area contributed by atoms with Crippen molar-refractivity contribution in [2.45, 2.75) is 46.2 Å². The van der Waals surface area contributed by atoms with Crippen molar-refractivity contribution in [2.75, 3.05) is 40.8 Å². The first-order valence-electron chi connectivity index (χ1n) is 11.2. The fourth-order valence-corrected chi connectivity index (χ4v) is 3.39. The Bertz CT molecular complexity index is 816. The number of nitrogens with zero attached hydrogens (tertiary/aromatic N) is 5. The van der Waals surface area contributed by atoms with Crippen LogP contribution in [-0.2, 0) is 20.1 Å². The van der Waals surface area contributed by atoms with Gasteiger partial charge < -0.3 is 19.9 Å². The molecule has 0 saturated heterocycles. The van der Waals surface area contributed by atoms with Crippen molar-refractivity contribution >= 4 is 29.9 Å². The van der Waals surface area contributed by atoms with E-state index >= 15 is 0 Å². The Morgan fingerprint density at radius 3 is 2.47 bits per heavy atom. The lowest BCUT2D eigenvalue weighted by molar-refractivity contribution is 0.281. The maximum Gasteiger partial charge on any atom is 0.194 e. The number of nitrogens with one attached hydrogen (secondary N) is 1. The van der Waals surface area contributed by atoms with Crippen molar-refractivity contribution < 1.29 is 4.74 Å². The summed E-state index contributed by atoms with van der Waals surface area (Å²) in [6.07, 6.45) is 3.12. The van der Waals surface area contributed by atoms with E-state index in [0.717, 1.165) is 55.6 Å². The van der Waals surface area contributed by atoms with Gasteiger partial charge in [0.15, 0.2) is 5.96 Å². The highest BCUT2D eigenvalue weighted by Crippen LogP contribution is 2.19. The van der Waals surface area contributed by atoms with Gasteiger partial charge in [0.2, 0.25) is 0 Å². The van der Waals surface area contributed by atoms with E-state index in [4.69, 9.17) is 9.73 Å². The number of aliphatic imine (C=N–C) groups is 1. The number of ether oxygens (including phenoxy) is 1. The third-order valence-corrected chi connectivity index (χ3v) is 4.94. The second-order valence-electron chi connectivity index (χ2n) is 8.54. The second kappa shape index (κ2) is 14.4. The topological polar surface area (TPSA) is 57.9 Å². The number of rotatable bonds is 11. The molecule has 0 unspecified atom stereocenters. The molecule has 1 N–H and O–H groups in total. The Morgan fingerprint density at radius 2 is 1.88 bits per heavy atom. The van der Waals surface area contributed by atoms with E-state index in [-0.39, 0.29) is 24.0 Å². The van der Waals surface area contributed by atoms with Gasteiger partial charge in [0.05, 0.1) is 18.8 Å². The number of benzene rings is 1. The third-order valence-electron chi connectivity index (χ3n) is 4.94. The SMILES string of the molecule is CCNC(=NCc1ccc(OCCCN(C)C)cc1)N(C)Cc1cn(C)nc1C(C)C.I. The van der Waals surface area contributed by atoms with Crippen molar-refractivity contribution in [1.29, 1.82) is 0 Å². The van der Waals surface area contributed by atoms with Crippen LogP contribution in [0.5, 0.6) is 5.75 Å². The summed E-state index contributed by atoms with van der Waals surface area (Å²) in [5.74, 6) is 2.20. The molecular weight excluding hydrogens is 515 g/mol. The van der Waals surface area contributed by atoms with Crippen molar-refractivity contribution in [3.63, 3.8) is 0 Å². The summed E-state index contributed by atoms with van der Waals surface area (Å²) >= 11 is 0. The zero-order valence-corrected chi connectivity index (χ0v) is 23.1. The zero-order chi connectivity index (χ0) is 22.8. The minimum Gasteiger partial charge on any atom is -0.494 e. The largest absolute Gasteiger partial charge is 0.494 e. The van der Waals surface area contributed by atoms with Gasteiger partial charge in [0, 0.05) is 45.5 Å². The number of aromatic nitrogens is 2. The maximum atomic E-state index is 5.82. The smallest absolute Gasteiger partial charge is 0.194 e. The first kappa shape index (κ1) is 28.2. The van der Waals surface area contributed by atoms with Crippen molar-refractivity contribution in [3.8, 4) is 5.75 Å². The van der Waals surface area contributed by atoms with Crippen LogP contribution in [0.15, 0.2) is 35.5 Å². The minimum absolute atomic E-state index is 0. The maximum absolute atomic E-state index is 5.82. The molecule has 0 aliphatic heterocycles. The summed E-state index contributed by atoms with van der Waals surface area (Å²) in [5.41, 5.74) is 3.54. The summed E-state index contributed by atoms with van der Waals surface area (Å²) in [6.45, 7) is 10.4. The van der Waals surface area contributed by atoms with Crippen LogP contribution in [0.25, 0.3) is 0 Å². The normalized spacial score (nSPS) is 11.6. The van der Waals surface area contributed by atoms with Gasteiger partial charge in [-0.05, 0) is 51.1 Å². The van der Waals surface area contributed by atoms with E-state index in [1.807, 2.05) is 23.9 Å². The molecule has 0 amide bonds. The molecule has 0 radical (unpaired) electrons. The first-order chi connectivity index (χ1) is 14.8. The molecule has 0 aliphatic rings. The molecule has 0 saturated carbocycles. The number of guanidine groups is 1. The lowest BCUT2D eigenvalue weighted by atomic mass is 10.1. The van der Waals surface area contributed by atoms with Crippen molar-refractivity contribution in [1.82, 2.24) is 24.9 Å². The predicted octanol–water partition coefficient (Wildman–Crippen LogP) is 4.09. The third kappa shape index (κ3) is 9.36. The summed E-state index contributed by atoms with van der Waals surface area (Å²) in [6, 6.07) is 8.24. The van der Waals surface area contributed by atoms with E-state index in [1.165, 1.54) is 5.56 Å². The Hall–Kier alpha value is -1.81. The molecule has 0 fully saturated rings. The standard InChI is InChI=1S/C24H40N6O.HI/c1-8-25-24(29(6)17-21-18-30(7)27-23(21)19(2)3)26-16-20-10-12-22(13-11-20)31-15-9-14-28(4)5;/h10-13,18-19H,8-9,14-17H2,1-7H3,(H,25,26);1H. The van der Waals surface area contributed by atoms with Gasteiger partial charge >= 0.3 is 0 Å². The average molecular weight is 557 g/mol. The molecule has 8 heteroatoms. The quantitative estimate of drug-likeness (QED) is 0.196. The number of halogens is 1. The molecule has 0 aliphatic carbocycles. The molecule has 2 rings (SSSR count). The molecule has 2 aromatic rings. The zero-order valence-electron chi connectivity index (χ0n) is 20.8. The molecule has 0 spiro atoms. The van der Waals surface area contributed by atoms with Crippen molar-refractivity contribution in [3.05, 3.63) is 47.3 Å². The minimum atomic E-state index is 0. The highest BCUT2D eigenvalue weighted by molar-refractivity contribution is 14.0. The molecule has 0 atom stereocenters. The molecule has 32 heavy (non-hydrogen) atoms. The molecule has 7 nitrogen and oxygen atoms in total. The summed E-state index contributed by atoms with van der Waals surface area (Å²) in [7, 11) is 8.20. The van der Waals surface area contributed by atoms with Gasteiger partial charge in [-0.3, -0.25) is 4.68 Å². The molecular formula is C24H41IN6O. The lowest BCUT2D eigenvalue weighted by Crippen LogP contribution is -2.38. The summed E-state index contributed by atoms with van der Waals surface area (Å²) in [4.78, 5) is 9.17. The van der Waals surface area contributed by atoms with Crippen LogP contribution in [-0.4, -0.2) is 66.4 Å². The Morgan fingerprint density at radius 1 is 1.19 bits per heavy atom. The van der Waals surface area contributed by atoms with E-state index in [9.17, 15) is 0 Å². The van der Waals surface area contributed by atoms with Crippen LogP contribution in [0, 0.1) is 0 Å². The first-order valence-corrected chi connectivity index (χ1v) is 11.2. The van der Waals surface area contributed by atoms with Crippen LogP contribution in [0.1, 0.15) is 49.9 Å². The molecule has 1 aromatic carbocycles. The van der Waals surface area contributed by atoms with E-state index in [1.54, 1.807) is 0 Å². The number of hydrogen-bond acceptors (Lipinski definition) is 4. The monoisotopic (exact) mass is 556 g/mol. The van der Waals surface area contributed by atoms with Crippen LogP contribution in [0.4, 0.5) is 0 Å². The van der Waals surface area contributed by atoms with E-state index in [2.05, 4.69) is 80.5 Å². The highest BCUT2D eigenvalue weighted by atomic mass is 127. The van der Waals surface area contributed by atoms with Crippen LogP contribution in [0.3, 0.4) is 0 Å². The Balaban J connectivity index is 0.00000512. The van der Waals surface area contributed by atoms with E-state index in [0.29, 0.717) is 12.5 Å². The fraction of sp³-hybridized carbons (Fsp3) is 0.583. The van der Waals surface area contributed by atoms with Crippen molar-refractivity contribution in [2.24, 2.45) is 12.0 Å². The second-order valence-corrected chi connectivity index (χ2v) is 8.54. The van der Waals surface area contributed by atoms with Gasteiger partial charge in [-0.15, -0.1) is 24.0 Å².